The monoisotopic (exact) mass is 429 g/mol. The lowest BCUT2D eigenvalue weighted by Crippen LogP contribution is -2.18. The summed E-state index contributed by atoms with van der Waals surface area (Å²) in [6.07, 6.45) is 17.2. The third-order valence-corrected chi connectivity index (χ3v) is 5.61. The number of benzene rings is 1. The topological polar surface area (TPSA) is 68.4 Å². The molecule has 172 valence electrons. The van der Waals surface area contributed by atoms with Gasteiger partial charge < -0.3 is 14.5 Å². The number of hydrogen-bond donors (Lipinski definition) is 1. The summed E-state index contributed by atoms with van der Waals surface area (Å²) < 4.78 is 10.8. The number of nitrogens with one attached hydrogen (secondary N) is 1. The molecule has 0 unspecified atom stereocenters. The van der Waals surface area contributed by atoms with Gasteiger partial charge in [0.25, 0.3) is 0 Å². The Morgan fingerprint density at radius 2 is 1.48 bits per heavy atom. The van der Waals surface area contributed by atoms with Crippen molar-refractivity contribution in [3.05, 3.63) is 40.2 Å². The molecule has 0 amide bonds. The molecule has 0 atom stereocenters. The second kappa shape index (κ2) is 14.7. The Labute approximate surface area is 186 Å². The van der Waals surface area contributed by atoms with E-state index in [9.17, 15) is 9.59 Å². The summed E-state index contributed by atoms with van der Waals surface area (Å²) in [4.78, 5) is 27.3. The number of esters is 1. The van der Waals surface area contributed by atoms with Crippen LogP contribution in [0.5, 0.6) is 5.75 Å². The second-order valence-corrected chi connectivity index (χ2v) is 8.20. The second-order valence-electron chi connectivity index (χ2n) is 8.20. The maximum atomic E-state index is 12.5. The van der Waals surface area contributed by atoms with Crippen LogP contribution in [-0.2, 0) is 4.74 Å². The minimum Gasteiger partial charge on any atom is -0.494 e. The van der Waals surface area contributed by atoms with E-state index in [1.807, 2.05) is 6.07 Å². The molecule has 1 N–H and O–H groups in total. The number of carbonyl (C=O) groups is 1. The maximum absolute atomic E-state index is 12.5. The zero-order valence-corrected chi connectivity index (χ0v) is 19.3. The molecule has 5 nitrogen and oxygen atoms in total. The largest absolute Gasteiger partial charge is 0.494 e. The highest BCUT2D eigenvalue weighted by Crippen LogP contribution is 2.18. The number of H-pyrrole nitrogens is 1. The van der Waals surface area contributed by atoms with E-state index in [-0.39, 0.29) is 17.6 Å². The first-order valence-electron chi connectivity index (χ1n) is 12.1. The number of ether oxygens (including phenoxy) is 2. The van der Waals surface area contributed by atoms with Crippen molar-refractivity contribution in [2.75, 3.05) is 13.2 Å². The predicted octanol–water partition coefficient (Wildman–Crippen LogP) is 6.78. The third kappa shape index (κ3) is 8.76. The van der Waals surface area contributed by atoms with Gasteiger partial charge in [0.1, 0.15) is 11.3 Å². The van der Waals surface area contributed by atoms with E-state index in [1.165, 1.54) is 76.8 Å². The molecule has 2 rings (SSSR count). The Morgan fingerprint density at radius 3 is 2.10 bits per heavy atom. The van der Waals surface area contributed by atoms with Crippen LogP contribution in [0.15, 0.2) is 29.2 Å². The van der Waals surface area contributed by atoms with Crippen LogP contribution in [0.3, 0.4) is 0 Å². The third-order valence-electron chi connectivity index (χ3n) is 5.61. The SMILES string of the molecule is CCCCCCCCCCCCCCOc1ccc2c(=O)c(C(=O)OCC)c[nH]c2c1. The van der Waals surface area contributed by atoms with Crippen LogP contribution in [0.1, 0.15) is 101 Å². The summed E-state index contributed by atoms with van der Waals surface area (Å²) in [6.45, 7) is 4.89. The highest BCUT2D eigenvalue weighted by atomic mass is 16.5. The van der Waals surface area contributed by atoms with Crippen LogP contribution >= 0.6 is 0 Å². The van der Waals surface area contributed by atoms with Crippen LogP contribution in [0.4, 0.5) is 0 Å². The van der Waals surface area contributed by atoms with Crippen molar-refractivity contribution in [1.82, 2.24) is 4.98 Å². The fourth-order valence-corrected chi connectivity index (χ4v) is 3.78. The smallest absolute Gasteiger partial charge is 0.343 e. The summed E-state index contributed by atoms with van der Waals surface area (Å²) in [5, 5.41) is 0.461. The number of pyridine rings is 1. The molecule has 0 radical (unpaired) electrons. The molecule has 31 heavy (non-hydrogen) atoms. The van der Waals surface area contributed by atoms with Crippen molar-refractivity contribution in [2.24, 2.45) is 0 Å². The van der Waals surface area contributed by atoms with Crippen LogP contribution in [-0.4, -0.2) is 24.2 Å². The average molecular weight is 430 g/mol. The number of unbranched alkanes of at least 4 members (excludes halogenated alkanes) is 11. The molecule has 0 aliphatic rings. The number of rotatable bonds is 16. The number of fused-ring (bicyclic) bond motifs is 1. The number of aromatic amines is 1. The van der Waals surface area contributed by atoms with Crippen molar-refractivity contribution in [1.29, 1.82) is 0 Å². The van der Waals surface area contributed by atoms with Crippen LogP contribution in [0.2, 0.25) is 0 Å². The van der Waals surface area contributed by atoms with Crippen molar-refractivity contribution >= 4 is 16.9 Å². The molecular weight excluding hydrogens is 390 g/mol. The van der Waals surface area contributed by atoms with Gasteiger partial charge in [0.05, 0.1) is 18.7 Å². The van der Waals surface area contributed by atoms with Gasteiger partial charge in [0.15, 0.2) is 0 Å². The molecule has 5 heteroatoms. The average Bonchev–Trinajstić information content (AvgIpc) is 2.77. The normalized spacial score (nSPS) is 11.0. The summed E-state index contributed by atoms with van der Waals surface area (Å²) >= 11 is 0. The zero-order valence-electron chi connectivity index (χ0n) is 19.3. The van der Waals surface area contributed by atoms with Gasteiger partial charge in [0, 0.05) is 17.6 Å². The molecule has 0 spiro atoms. The summed E-state index contributed by atoms with van der Waals surface area (Å²) in [7, 11) is 0. The van der Waals surface area contributed by atoms with Gasteiger partial charge >= 0.3 is 5.97 Å². The standard InChI is InChI=1S/C26H39NO4/c1-3-5-6-7-8-9-10-11-12-13-14-15-18-31-21-16-17-22-24(19-21)27-20-23(25(22)28)26(29)30-4-2/h16-17,19-20H,3-15,18H2,1-2H3,(H,27,28). The highest BCUT2D eigenvalue weighted by Gasteiger charge is 2.14. The van der Waals surface area contributed by atoms with E-state index in [0.29, 0.717) is 17.5 Å². The fourth-order valence-electron chi connectivity index (χ4n) is 3.78. The summed E-state index contributed by atoms with van der Waals surface area (Å²) in [5.41, 5.74) is 0.365. The van der Waals surface area contributed by atoms with Gasteiger partial charge in [-0.1, -0.05) is 77.6 Å². The molecule has 0 fully saturated rings. The summed E-state index contributed by atoms with van der Waals surface area (Å²) in [6, 6.07) is 5.30. The molecule has 0 aliphatic heterocycles. The number of carbonyl (C=O) groups excluding carboxylic acids is 1. The van der Waals surface area contributed by atoms with Crippen molar-refractivity contribution < 1.29 is 14.3 Å². The summed E-state index contributed by atoms with van der Waals surface area (Å²) in [5.74, 6) is 0.132. The van der Waals surface area contributed by atoms with E-state index in [4.69, 9.17) is 9.47 Å². The molecule has 0 aliphatic carbocycles. The lowest BCUT2D eigenvalue weighted by Gasteiger charge is -2.08. The molecule has 1 heterocycles. The van der Waals surface area contributed by atoms with Gasteiger partial charge in [0.2, 0.25) is 5.43 Å². The number of aromatic nitrogens is 1. The van der Waals surface area contributed by atoms with Gasteiger partial charge in [-0.3, -0.25) is 4.79 Å². The fraction of sp³-hybridized carbons (Fsp3) is 0.615. The Hall–Kier alpha value is -2.30. The molecule has 0 saturated heterocycles. The Bertz CT molecular complexity index is 843. The highest BCUT2D eigenvalue weighted by molar-refractivity contribution is 5.93. The first kappa shape index (κ1) is 25.0. The molecule has 2 aromatic rings. The quantitative estimate of drug-likeness (QED) is 0.236. The van der Waals surface area contributed by atoms with Crippen molar-refractivity contribution in [3.8, 4) is 5.75 Å². The van der Waals surface area contributed by atoms with E-state index in [2.05, 4.69) is 11.9 Å². The Morgan fingerprint density at radius 1 is 0.871 bits per heavy atom. The zero-order chi connectivity index (χ0) is 22.3. The predicted molar refractivity (Wildman–Crippen MR) is 127 cm³/mol. The first-order chi connectivity index (χ1) is 15.2. The Balaban J connectivity index is 1.63. The lowest BCUT2D eigenvalue weighted by atomic mass is 10.1. The van der Waals surface area contributed by atoms with Crippen molar-refractivity contribution in [3.63, 3.8) is 0 Å². The van der Waals surface area contributed by atoms with E-state index in [1.54, 1.807) is 19.1 Å². The molecule has 1 aromatic heterocycles. The van der Waals surface area contributed by atoms with E-state index in [0.717, 1.165) is 12.2 Å². The van der Waals surface area contributed by atoms with E-state index >= 15 is 0 Å². The minimum atomic E-state index is -0.599. The molecular formula is C26H39NO4. The van der Waals surface area contributed by atoms with Gasteiger partial charge in [-0.15, -0.1) is 0 Å². The molecule has 0 bridgehead atoms. The van der Waals surface area contributed by atoms with Gasteiger partial charge in [-0.2, -0.15) is 0 Å². The Kier molecular flexibility index (Phi) is 11.8. The molecule has 0 saturated carbocycles. The first-order valence-corrected chi connectivity index (χ1v) is 12.1. The van der Waals surface area contributed by atoms with Crippen LogP contribution < -0.4 is 10.2 Å². The van der Waals surface area contributed by atoms with Gasteiger partial charge in [-0.25, -0.2) is 4.79 Å². The van der Waals surface area contributed by atoms with Crippen molar-refractivity contribution in [2.45, 2.75) is 90.9 Å². The van der Waals surface area contributed by atoms with E-state index < -0.39 is 5.97 Å². The van der Waals surface area contributed by atoms with Crippen LogP contribution in [0.25, 0.3) is 10.9 Å². The minimum absolute atomic E-state index is 0.0273. The maximum Gasteiger partial charge on any atom is 0.343 e. The van der Waals surface area contributed by atoms with Crippen LogP contribution in [0, 0.1) is 0 Å². The van der Waals surface area contributed by atoms with Gasteiger partial charge in [-0.05, 0) is 25.5 Å². The lowest BCUT2D eigenvalue weighted by molar-refractivity contribution is 0.0524. The molecule has 1 aromatic carbocycles. The number of hydrogen-bond acceptors (Lipinski definition) is 4.